The molecule has 9 heteroatoms. The Bertz CT molecular complexity index is 1280. The van der Waals surface area contributed by atoms with E-state index in [1.54, 1.807) is 20.4 Å². The number of anilines is 1. The number of benzene rings is 1. The summed E-state index contributed by atoms with van der Waals surface area (Å²) in [5, 5.41) is 0. The Morgan fingerprint density at radius 2 is 1.83 bits per heavy atom. The van der Waals surface area contributed by atoms with Crippen LogP contribution in [0.25, 0.3) is 11.3 Å². The van der Waals surface area contributed by atoms with Crippen molar-refractivity contribution in [2.24, 2.45) is 21.9 Å². The summed E-state index contributed by atoms with van der Waals surface area (Å²) in [5.74, 6) is 2.53. The topological polar surface area (TPSA) is 107 Å². The van der Waals surface area contributed by atoms with Gasteiger partial charge < -0.3 is 30.4 Å². The van der Waals surface area contributed by atoms with E-state index in [-0.39, 0.29) is 5.41 Å². The van der Waals surface area contributed by atoms with E-state index in [9.17, 15) is 0 Å². The maximum Gasteiger partial charge on any atom is 0.205 e. The molecule has 192 valence electrons. The largest absolute Gasteiger partial charge is 0.495 e. The van der Waals surface area contributed by atoms with E-state index in [1.807, 2.05) is 36.2 Å². The van der Waals surface area contributed by atoms with Gasteiger partial charge in [0, 0.05) is 43.2 Å². The van der Waals surface area contributed by atoms with E-state index < -0.39 is 0 Å². The fraction of sp³-hybridized carbons (Fsp3) is 0.407. The van der Waals surface area contributed by atoms with Gasteiger partial charge in [0.05, 0.1) is 37.0 Å². The molecule has 0 atom stereocenters. The third kappa shape index (κ3) is 4.70. The average molecular weight is 492 g/mol. The Morgan fingerprint density at radius 1 is 1.08 bits per heavy atom. The van der Waals surface area contributed by atoms with Crippen LogP contribution in [0.4, 0.5) is 5.69 Å². The molecule has 0 unspecified atom stereocenters. The molecule has 0 amide bonds. The van der Waals surface area contributed by atoms with Crippen molar-refractivity contribution in [2.75, 3.05) is 32.3 Å². The molecule has 3 heterocycles. The summed E-state index contributed by atoms with van der Waals surface area (Å²) in [6.45, 7) is 12.7. The number of allylic oxidation sites excluding steroid dienone is 2. The molecule has 2 aliphatic rings. The van der Waals surface area contributed by atoms with Crippen molar-refractivity contribution in [1.82, 2.24) is 14.5 Å². The number of ether oxygens (including phenoxy) is 2. The van der Waals surface area contributed by atoms with E-state index in [2.05, 4.69) is 53.2 Å². The number of nitrogens with two attached hydrogens (primary N) is 2. The molecule has 1 aromatic carbocycles. The Kier molecular flexibility index (Phi) is 6.86. The zero-order valence-corrected chi connectivity index (χ0v) is 22.3. The maximum atomic E-state index is 6.81. The van der Waals surface area contributed by atoms with Crippen molar-refractivity contribution in [3.63, 3.8) is 0 Å². The van der Waals surface area contributed by atoms with E-state index in [0.29, 0.717) is 30.7 Å². The Hall–Kier alpha value is -3.72. The number of aliphatic imine (C=N–C) groups is 1. The minimum absolute atomic E-state index is 0.0455. The zero-order chi connectivity index (χ0) is 26.2. The van der Waals surface area contributed by atoms with Gasteiger partial charge in [0.15, 0.2) is 0 Å². The highest BCUT2D eigenvalue weighted by Gasteiger charge is 2.33. The first-order valence-electron chi connectivity index (χ1n) is 12.0. The van der Waals surface area contributed by atoms with Crippen molar-refractivity contribution in [3.8, 4) is 17.0 Å². The first-order chi connectivity index (χ1) is 17.1. The maximum absolute atomic E-state index is 6.81. The predicted octanol–water partition coefficient (Wildman–Crippen LogP) is 3.93. The van der Waals surface area contributed by atoms with Crippen molar-refractivity contribution in [3.05, 3.63) is 65.3 Å². The standard InChI is InChI=1S/C27H37N7O2/c1-17-12-20-14-31-26(29)34(24(20)25(28)33(17)16-27(3,4)5)21-9-8-19(13-23(21)36-7)22-15-30-18(2)32(22)10-11-35-6/h8-9,12-15H,10-11,16,28H2,1-7H3,(H2,29,31). The zero-order valence-electron chi connectivity index (χ0n) is 22.3. The molecule has 0 saturated carbocycles. The fourth-order valence-corrected chi connectivity index (χ4v) is 4.60. The van der Waals surface area contributed by atoms with E-state index in [1.165, 1.54) is 0 Å². The molecule has 9 nitrogen and oxygen atoms in total. The molecule has 0 radical (unpaired) electrons. The average Bonchev–Trinajstić information content (AvgIpc) is 3.20. The minimum Gasteiger partial charge on any atom is -0.495 e. The third-order valence-corrected chi connectivity index (χ3v) is 6.31. The molecule has 0 aliphatic carbocycles. The predicted molar refractivity (Wildman–Crippen MR) is 144 cm³/mol. The van der Waals surface area contributed by atoms with Gasteiger partial charge in [-0.15, -0.1) is 0 Å². The molecule has 4 rings (SSSR count). The van der Waals surface area contributed by atoms with Gasteiger partial charge in [0.2, 0.25) is 5.96 Å². The van der Waals surface area contributed by atoms with E-state index >= 15 is 0 Å². The first kappa shape index (κ1) is 25.4. The second-order valence-corrected chi connectivity index (χ2v) is 10.3. The van der Waals surface area contributed by atoms with Crippen LogP contribution in [0.1, 0.15) is 33.5 Å². The second kappa shape index (κ2) is 9.73. The Labute approximate surface area is 213 Å². The van der Waals surface area contributed by atoms with Crippen LogP contribution < -0.4 is 21.1 Å². The van der Waals surface area contributed by atoms with Gasteiger partial charge in [-0.05, 0) is 37.5 Å². The highest BCUT2D eigenvalue weighted by atomic mass is 16.5. The number of nitrogens with zero attached hydrogens (tertiary/aromatic N) is 5. The van der Waals surface area contributed by atoms with Crippen molar-refractivity contribution in [2.45, 2.75) is 41.2 Å². The lowest BCUT2D eigenvalue weighted by atomic mass is 9.94. The first-order valence-corrected chi connectivity index (χ1v) is 12.0. The van der Waals surface area contributed by atoms with Crippen molar-refractivity contribution in [1.29, 1.82) is 0 Å². The van der Waals surface area contributed by atoms with Crippen molar-refractivity contribution < 1.29 is 9.47 Å². The number of imidazole rings is 1. The van der Waals surface area contributed by atoms with Crippen LogP contribution in [-0.4, -0.2) is 47.8 Å². The summed E-state index contributed by atoms with van der Waals surface area (Å²) in [6.07, 6.45) is 5.74. The fourth-order valence-electron chi connectivity index (χ4n) is 4.60. The van der Waals surface area contributed by atoms with Gasteiger partial charge in [-0.25, -0.2) is 9.98 Å². The summed E-state index contributed by atoms with van der Waals surface area (Å²) in [4.78, 5) is 13.0. The van der Waals surface area contributed by atoms with Crippen molar-refractivity contribution >= 4 is 11.6 Å². The lowest BCUT2D eigenvalue weighted by Crippen LogP contribution is -2.45. The summed E-state index contributed by atoms with van der Waals surface area (Å²) >= 11 is 0. The smallest absolute Gasteiger partial charge is 0.205 e. The van der Waals surface area contributed by atoms with Crippen LogP contribution in [-0.2, 0) is 11.3 Å². The highest BCUT2D eigenvalue weighted by molar-refractivity contribution is 6.02. The summed E-state index contributed by atoms with van der Waals surface area (Å²) in [7, 11) is 3.35. The lowest BCUT2D eigenvalue weighted by Gasteiger charge is -2.40. The second-order valence-electron chi connectivity index (χ2n) is 10.3. The molecule has 0 fully saturated rings. The molecule has 36 heavy (non-hydrogen) atoms. The van der Waals surface area contributed by atoms with Crippen LogP contribution in [0, 0.1) is 12.3 Å². The molecule has 2 aliphatic heterocycles. The molecule has 0 spiro atoms. The van der Waals surface area contributed by atoms with E-state index in [4.69, 9.17) is 20.9 Å². The number of aryl methyl sites for hydroxylation is 1. The number of hydrogen-bond acceptors (Lipinski definition) is 8. The molecule has 4 N–H and O–H groups in total. The SMILES string of the molecule is COCCn1c(-c2ccc(N3C(N)=NC=C4C=C(C)N(CC(C)(C)C)C(N)=C43)c(OC)c2)cnc1C. The van der Waals surface area contributed by atoms with Gasteiger partial charge >= 0.3 is 0 Å². The van der Waals surface area contributed by atoms with Crippen LogP contribution >= 0.6 is 0 Å². The van der Waals surface area contributed by atoms with Gasteiger partial charge in [-0.1, -0.05) is 26.8 Å². The quantitative estimate of drug-likeness (QED) is 0.604. The number of guanidine groups is 1. The monoisotopic (exact) mass is 491 g/mol. The van der Waals surface area contributed by atoms with Crippen LogP contribution in [0.5, 0.6) is 5.75 Å². The number of methoxy groups -OCH3 is 2. The molecule has 0 bridgehead atoms. The number of fused-ring (bicyclic) bond motifs is 1. The van der Waals surface area contributed by atoms with Gasteiger partial charge in [0.25, 0.3) is 0 Å². The van der Waals surface area contributed by atoms with Crippen LogP contribution in [0.2, 0.25) is 0 Å². The summed E-state index contributed by atoms with van der Waals surface area (Å²) in [6, 6.07) is 6.02. The molecule has 1 aromatic heterocycles. The van der Waals surface area contributed by atoms with Crippen LogP contribution in [0.15, 0.2) is 64.5 Å². The number of hydrogen-bond donors (Lipinski definition) is 2. The summed E-state index contributed by atoms with van der Waals surface area (Å²) < 4.78 is 13.3. The van der Waals surface area contributed by atoms with Gasteiger partial charge in [0.1, 0.15) is 17.4 Å². The Morgan fingerprint density at radius 3 is 2.50 bits per heavy atom. The molecule has 0 saturated heterocycles. The minimum atomic E-state index is 0.0455. The molecular formula is C27H37N7O2. The molecular weight excluding hydrogens is 454 g/mol. The lowest BCUT2D eigenvalue weighted by molar-refractivity contribution is 0.187. The number of rotatable bonds is 7. The number of aromatic nitrogens is 2. The third-order valence-electron chi connectivity index (χ3n) is 6.31. The van der Waals surface area contributed by atoms with E-state index in [0.717, 1.165) is 46.3 Å². The van der Waals surface area contributed by atoms with Gasteiger partial charge in [-0.3, -0.25) is 4.90 Å². The summed E-state index contributed by atoms with van der Waals surface area (Å²) in [5.41, 5.74) is 18.8. The molecule has 2 aromatic rings. The van der Waals surface area contributed by atoms with Gasteiger partial charge in [-0.2, -0.15) is 0 Å². The Balaban J connectivity index is 1.80. The van der Waals surface area contributed by atoms with Crippen LogP contribution in [0.3, 0.4) is 0 Å². The normalized spacial score (nSPS) is 16.0. The highest BCUT2D eigenvalue weighted by Crippen LogP contribution is 2.41.